The molecule has 3 unspecified atom stereocenters. The smallest absolute Gasteiger partial charge is 0.0772 e. The van der Waals surface area contributed by atoms with Crippen LogP contribution in [0.25, 0.3) is 0 Å². The molecule has 0 saturated carbocycles. The van der Waals surface area contributed by atoms with Crippen LogP contribution in [0.15, 0.2) is 72.8 Å². The molecule has 1 saturated heterocycles. The van der Waals surface area contributed by atoms with Crippen molar-refractivity contribution >= 4 is 0 Å². The lowest BCUT2D eigenvalue weighted by Crippen LogP contribution is -2.40. The standard InChI is InChI=1S/C26H35NO2/c1-3-4-5-12-17-24-18-26(29-20-23-15-10-7-11-16-23)25(27(24)2)21-28-19-22-13-8-6-9-14-22/h3-4,6-11,13-16,24-26H,5,12,17-21H2,1-2H3/b4-3+. The van der Waals surface area contributed by atoms with Crippen LogP contribution in [0.3, 0.4) is 0 Å². The van der Waals surface area contributed by atoms with Gasteiger partial charge in [-0.2, -0.15) is 0 Å². The first kappa shape index (κ1) is 21.8. The molecule has 2 aromatic rings. The van der Waals surface area contributed by atoms with Crippen molar-refractivity contribution in [2.45, 2.75) is 64.0 Å². The summed E-state index contributed by atoms with van der Waals surface area (Å²) in [5, 5.41) is 0. The molecule has 0 aromatic heterocycles. The Balaban J connectivity index is 1.56. The summed E-state index contributed by atoms with van der Waals surface area (Å²) >= 11 is 0. The van der Waals surface area contributed by atoms with E-state index in [0.29, 0.717) is 31.9 Å². The SMILES string of the molecule is C/C=C/CCCC1CC(OCc2ccccc2)C(COCc2ccccc2)N1C. The average Bonchev–Trinajstić information content (AvgIpc) is 3.06. The largest absolute Gasteiger partial charge is 0.375 e. The topological polar surface area (TPSA) is 21.7 Å². The van der Waals surface area contributed by atoms with E-state index in [2.05, 4.69) is 79.6 Å². The molecule has 3 atom stereocenters. The molecular formula is C26H35NO2. The number of likely N-dealkylation sites (tertiary alicyclic amines) is 1. The minimum Gasteiger partial charge on any atom is -0.375 e. The van der Waals surface area contributed by atoms with Gasteiger partial charge in [-0.3, -0.25) is 4.90 Å². The van der Waals surface area contributed by atoms with Gasteiger partial charge < -0.3 is 9.47 Å². The highest BCUT2D eigenvalue weighted by Crippen LogP contribution is 2.30. The molecule has 0 aliphatic carbocycles. The Labute approximate surface area is 176 Å². The van der Waals surface area contributed by atoms with E-state index in [-0.39, 0.29) is 6.10 Å². The van der Waals surface area contributed by atoms with E-state index in [0.717, 1.165) is 12.8 Å². The van der Waals surface area contributed by atoms with Crippen LogP contribution in [0, 0.1) is 0 Å². The lowest BCUT2D eigenvalue weighted by molar-refractivity contribution is -0.0186. The number of hydrogen-bond acceptors (Lipinski definition) is 3. The van der Waals surface area contributed by atoms with E-state index in [1.165, 1.54) is 24.0 Å². The van der Waals surface area contributed by atoms with Gasteiger partial charge in [0.25, 0.3) is 0 Å². The number of allylic oxidation sites excluding steroid dienone is 2. The van der Waals surface area contributed by atoms with Crippen LogP contribution in [0.4, 0.5) is 0 Å². The van der Waals surface area contributed by atoms with Crippen molar-refractivity contribution in [1.82, 2.24) is 4.90 Å². The van der Waals surface area contributed by atoms with Crippen LogP contribution < -0.4 is 0 Å². The lowest BCUT2D eigenvalue weighted by Gasteiger charge is -2.27. The molecule has 3 rings (SSSR count). The number of ether oxygens (including phenoxy) is 2. The summed E-state index contributed by atoms with van der Waals surface area (Å²) < 4.78 is 12.5. The molecule has 3 heteroatoms. The summed E-state index contributed by atoms with van der Waals surface area (Å²) in [6.07, 6.45) is 9.29. The fourth-order valence-electron chi connectivity index (χ4n) is 4.14. The number of benzene rings is 2. The zero-order valence-electron chi connectivity index (χ0n) is 17.9. The zero-order chi connectivity index (χ0) is 20.3. The summed E-state index contributed by atoms with van der Waals surface area (Å²) in [7, 11) is 2.24. The van der Waals surface area contributed by atoms with Crippen molar-refractivity contribution < 1.29 is 9.47 Å². The second-order valence-electron chi connectivity index (χ2n) is 7.96. The van der Waals surface area contributed by atoms with E-state index in [9.17, 15) is 0 Å². The molecule has 1 aliphatic rings. The maximum Gasteiger partial charge on any atom is 0.0772 e. The predicted octanol–water partition coefficient (Wildman–Crippen LogP) is 5.61. The molecule has 3 nitrogen and oxygen atoms in total. The Morgan fingerprint density at radius 1 is 0.966 bits per heavy atom. The molecule has 0 amide bonds. The number of unbranched alkanes of at least 4 members (excludes halogenated alkanes) is 1. The van der Waals surface area contributed by atoms with E-state index in [1.54, 1.807) is 0 Å². The van der Waals surface area contributed by atoms with Crippen LogP contribution in [-0.2, 0) is 22.7 Å². The van der Waals surface area contributed by atoms with Gasteiger partial charge in [0, 0.05) is 6.04 Å². The first-order valence-corrected chi connectivity index (χ1v) is 10.9. The summed E-state index contributed by atoms with van der Waals surface area (Å²) in [6, 6.07) is 21.7. The average molecular weight is 394 g/mol. The number of nitrogens with zero attached hydrogens (tertiary/aromatic N) is 1. The molecule has 1 heterocycles. The van der Waals surface area contributed by atoms with Crippen molar-refractivity contribution in [1.29, 1.82) is 0 Å². The maximum absolute atomic E-state index is 6.40. The minimum absolute atomic E-state index is 0.211. The van der Waals surface area contributed by atoms with Crippen molar-refractivity contribution in [3.63, 3.8) is 0 Å². The monoisotopic (exact) mass is 393 g/mol. The van der Waals surface area contributed by atoms with Crippen LogP contribution in [-0.4, -0.2) is 36.7 Å². The van der Waals surface area contributed by atoms with E-state index in [1.807, 2.05) is 12.1 Å². The van der Waals surface area contributed by atoms with Crippen LogP contribution in [0.1, 0.15) is 43.7 Å². The maximum atomic E-state index is 6.40. The minimum atomic E-state index is 0.211. The quantitative estimate of drug-likeness (QED) is 0.366. The van der Waals surface area contributed by atoms with Crippen molar-refractivity contribution in [3.05, 3.63) is 83.9 Å². The predicted molar refractivity (Wildman–Crippen MR) is 120 cm³/mol. The molecule has 0 N–H and O–H groups in total. The van der Waals surface area contributed by atoms with Gasteiger partial charge in [-0.1, -0.05) is 72.8 Å². The third kappa shape index (κ3) is 6.81. The fourth-order valence-corrected chi connectivity index (χ4v) is 4.14. The van der Waals surface area contributed by atoms with Gasteiger partial charge in [0.15, 0.2) is 0 Å². The summed E-state index contributed by atoms with van der Waals surface area (Å²) in [6.45, 7) is 4.12. The van der Waals surface area contributed by atoms with E-state index < -0.39 is 0 Å². The van der Waals surface area contributed by atoms with Gasteiger partial charge in [-0.25, -0.2) is 0 Å². The highest BCUT2D eigenvalue weighted by atomic mass is 16.5. The highest BCUT2D eigenvalue weighted by Gasteiger charge is 2.39. The third-order valence-electron chi connectivity index (χ3n) is 5.88. The van der Waals surface area contributed by atoms with Crippen LogP contribution in [0.5, 0.6) is 0 Å². The van der Waals surface area contributed by atoms with Crippen LogP contribution in [0.2, 0.25) is 0 Å². The van der Waals surface area contributed by atoms with Gasteiger partial charge >= 0.3 is 0 Å². The third-order valence-corrected chi connectivity index (χ3v) is 5.88. The van der Waals surface area contributed by atoms with Gasteiger partial charge in [0.1, 0.15) is 0 Å². The molecular weight excluding hydrogens is 358 g/mol. The molecule has 0 bridgehead atoms. The fraction of sp³-hybridized carbons (Fsp3) is 0.462. The van der Waals surface area contributed by atoms with Gasteiger partial charge in [-0.05, 0) is 50.8 Å². The van der Waals surface area contributed by atoms with Gasteiger partial charge in [0.2, 0.25) is 0 Å². The first-order chi connectivity index (χ1) is 14.3. The number of rotatable bonds is 11. The first-order valence-electron chi connectivity index (χ1n) is 10.9. The Kier molecular flexibility index (Phi) is 8.94. The van der Waals surface area contributed by atoms with Crippen molar-refractivity contribution in [2.75, 3.05) is 13.7 Å². The molecule has 1 aliphatic heterocycles. The zero-order valence-corrected chi connectivity index (χ0v) is 17.9. The number of hydrogen-bond donors (Lipinski definition) is 0. The van der Waals surface area contributed by atoms with Crippen LogP contribution >= 0.6 is 0 Å². The summed E-state index contributed by atoms with van der Waals surface area (Å²) in [5.74, 6) is 0. The Hall–Kier alpha value is -1.94. The Morgan fingerprint density at radius 2 is 1.62 bits per heavy atom. The van der Waals surface area contributed by atoms with Gasteiger partial charge in [0.05, 0.1) is 32.0 Å². The molecule has 0 radical (unpaired) electrons. The number of likely N-dealkylation sites (N-methyl/N-ethyl adjacent to an activating group) is 1. The molecule has 2 aromatic carbocycles. The normalized spacial score (nSPS) is 22.5. The summed E-state index contributed by atoms with van der Waals surface area (Å²) in [4.78, 5) is 2.50. The molecule has 0 spiro atoms. The highest BCUT2D eigenvalue weighted by molar-refractivity contribution is 5.14. The van der Waals surface area contributed by atoms with Crippen molar-refractivity contribution in [3.8, 4) is 0 Å². The Bertz CT molecular complexity index is 716. The lowest BCUT2D eigenvalue weighted by atomic mass is 10.1. The van der Waals surface area contributed by atoms with Crippen molar-refractivity contribution in [2.24, 2.45) is 0 Å². The van der Waals surface area contributed by atoms with E-state index >= 15 is 0 Å². The molecule has 1 fully saturated rings. The molecule has 29 heavy (non-hydrogen) atoms. The molecule has 156 valence electrons. The summed E-state index contributed by atoms with van der Waals surface area (Å²) in [5.41, 5.74) is 2.45. The Morgan fingerprint density at radius 3 is 2.28 bits per heavy atom. The second-order valence-corrected chi connectivity index (χ2v) is 7.96. The van der Waals surface area contributed by atoms with E-state index in [4.69, 9.17) is 9.47 Å². The second kappa shape index (κ2) is 11.9. The van der Waals surface area contributed by atoms with Gasteiger partial charge in [-0.15, -0.1) is 0 Å².